The van der Waals surface area contributed by atoms with Crippen LogP contribution in [0, 0.1) is 12.8 Å². The van der Waals surface area contributed by atoms with Crippen molar-refractivity contribution < 1.29 is 23.5 Å². The molecular weight excluding hydrogens is 446 g/mol. The summed E-state index contributed by atoms with van der Waals surface area (Å²) in [6, 6.07) is 11.9. The van der Waals surface area contributed by atoms with E-state index >= 15 is 0 Å². The fraction of sp³-hybridized carbons (Fsp3) is 0.320. The molecule has 0 bridgehead atoms. The average Bonchev–Trinajstić information content (AvgIpc) is 2.83. The number of hydrogen-bond acceptors (Lipinski definition) is 6. The summed E-state index contributed by atoms with van der Waals surface area (Å²) >= 11 is 5.96. The molecule has 1 fully saturated rings. The van der Waals surface area contributed by atoms with Crippen LogP contribution in [0.15, 0.2) is 51.7 Å². The first-order valence-corrected chi connectivity index (χ1v) is 11.1. The molecule has 0 aliphatic carbocycles. The zero-order valence-electron chi connectivity index (χ0n) is 18.4. The molecule has 172 valence electrons. The van der Waals surface area contributed by atoms with Crippen molar-refractivity contribution in [2.75, 3.05) is 26.8 Å². The number of amides is 1. The van der Waals surface area contributed by atoms with Crippen LogP contribution in [0.5, 0.6) is 5.75 Å². The van der Waals surface area contributed by atoms with Gasteiger partial charge in [0.15, 0.2) is 6.61 Å². The van der Waals surface area contributed by atoms with E-state index in [-0.39, 0.29) is 29.8 Å². The molecule has 0 radical (unpaired) electrons. The second kappa shape index (κ2) is 9.67. The van der Waals surface area contributed by atoms with E-state index in [9.17, 15) is 14.4 Å². The predicted molar refractivity (Wildman–Crippen MR) is 124 cm³/mol. The summed E-state index contributed by atoms with van der Waals surface area (Å²) in [5, 5.41) is 1.01. The van der Waals surface area contributed by atoms with E-state index in [0.29, 0.717) is 59.0 Å². The van der Waals surface area contributed by atoms with Gasteiger partial charge >= 0.3 is 5.97 Å². The van der Waals surface area contributed by atoms with Crippen LogP contribution in [-0.4, -0.2) is 43.6 Å². The number of methoxy groups -OCH3 is 1. The van der Waals surface area contributed by atoms with Crippen molar-refractivity contribution in [3.63, 3.8) is 0 Å². The molecule has 0 N–H and O–H groups in total. The lowest BCUT2D eigenvalue weighted by atomic mass is 9.97. The van der Waals surface area contributed by atoms with Gasteiger partial charge in [0, 0.05) is 24.2 Å². The van der Waals surface area contributed by atoms with E-state index in [1.807, 2.05) is 0 Å². The number of nitrogens with zero attached hydrogens (tertiary/aromatic N) is 1. The van der Waals surface area contributed by atoms with Gasteiger partial charge < -0.3 is 18.8 Å². The molecule has 8 heteroatoms. The molecule has 0 atom stereocenters. The quantitative estimate of drug-likeness (QED) is 0.520. The minimum Gasteiger partial charge on any atom is -0.484 e. The summed E-state index contributed by atoms with van der Waals surface area (Å²) in [5.41, 5.74) is 1.46. The third-order valence-electron chi connectivity index (χ3n) is 5.92. The van der Waals surface area contributed by atoms with E-state index in [2.05, 4.69) is 0 Å². The molecule has 0 saturated carbocycles. The van der Waals surface area contributed by atoms with Crippen molar-refractivity contribution in [2.24, 2.45) is 5.92 Å². The van der Waals surface area contributed by atoms with Gasteiger partial charge in [-0.05, 0) is 49.6 Å². The number of piperidine rings is 1. The Hall–Kier alpha value is -3.32. The van der Waals surface area contributed by atoms with Gasteiger partial charge in [0.2, 0.25) is 5.43 Å². The third kappa shape index (κ3) is 4.88. The summed E-state index contributed by atoms with van der Waals surface area (Å²) in [5.74, 6) is 0.364. The maximum atomic E-state index is 13.1. The Morgan fingerprint density at radius 1 is 1.12 bits per heavy atom. The minimum atomic E-state index is -0.231. The molecule has 0 spiro atoms. The Morgan fingerprint density at radius 3 is 2.48 bits per heavy atom. The number of rotatable bonds is 5. The Balaban J connectivity index is 1.46. The number of aryl methyl sites for hydroxylation is 1. The van der Waals surface area contributed by atoms with Gasteiger partial charge in [-0.15, -0.1) is 0 Å². The highest BCUT2D eigenvalue weighted by molar-refractivity contribution is 6.30. The molecule has 1 amide bonds. The fourth-order valence-electron chi connectivity index (χ4n) is 4.09. The molecule has 1 aromatic heterocycles. The normalized spacial score (nSPS) is 14.3. The molecule has 1 saturated heterocycles. The molecular formula is C25H24ClNO6. The first-order chi connectivity index (χ1) is 15.9. The van der Waals surface area contributed by atoms with Gasteiger partial charge in [-0.25, -0.2) is 0 Å². The highest BCUT2D eigenvalue weighted by atomic mass is 35.5. The topological polar surface area (TPSA) is 86.0 Å². The summed E-state index contributed by atoms with van der Waals surface area (Å²) in [4.78, 5) is 38.9. The number of fused-ring (bicyclic) bond motifs is 1. The Labute approximate surface area is 195 Å². The molecule has 1 aliphatic heterocycles. The number of hydrogen-bond donors (Lipinski definition) is 0. The molecule has 4 rings (SSSR count). The number of esters is 1. The van der Waals surface area contributed by atoms with Crippen LogP contribution < -0.4 is 10.2 Å². The van der Waals surface area contributed by atoms with Gasteiger partial charge in [-0.3, -0.25) is 14.4 Å². The first-order valence-electron chi connectivity index (χ1n) is 10.7. The van der Waals surface area contributed by atoms with Crippen LogP contribution >= 0.6 is 11.6 Å². The SMILES string of the molecule is COC(=O)C1CCN(C(=O)COc2ccc3c(=O)c(-c4ccc(Cl)cc4)c(C)oc3c2)CC1. The van der Waals surface area contributed by atoms with E-state index in [1.54, 1.807) is 54.3 Å². The summed E-state index contributed by atoms with van der Waals surface area (Å²) in [7, 11) is 1.37. The van der Waals surface area contributed by atoms with Gasteiger partial charge in [0.1, 0.15) is 17.1 Å². The maximum absolute atomic E-state index is 13.1. The lowest BCUT2D eigenvalue weighted by molar-refractivity contribution is -0.149. The zero-order chi connectivity index (χ0) is 23.5. The monoisotopic (exact) mass is 469 g/mol. The van der Waals surface area contributed by atoms with E-state index in [1.165, 1.54) is 7.11 Å². The number of ether oxygens (including phenoxy) is 2. The Bertz CT molecular complexity index is 1240. The lowest BCUT2D eigenvalue weighted by Crippen LogP contribution is -2.42. The van der Waals surface area contributed by atoms with Crippen molar-refractivity contribution in [3.8, 4) is 16.9 Å². The van der Waals surface area contributed by atoms with E-state index in [0.717, 1.165) is 5.56 Å². The Kier molecular flexibility index (Phi) is 6.70. The van der Waals surface area contributed by atoms with Crippen LogP contribution in [0.3, 0.4) is 0 Å². The number of carbonyl (C=O) groups is 2. The van der Waals surface area contributed by atoms with Gasteiger partial charge in [-0.1, -0.05) is 23.7 Å². The third-order valence-corrected chi connectivity index (χ3v) is 6.17. The summed E-state index contributed by atoms with van der Waals surface area (Å²) < 4.78 is 16.4. The van der Waals surface area contributed by atoms with Gasteiger partial charge in [0.25, 0.3) is 5.91 Å². The van der Waals surface area contributed by atoms with Crippen LogP contribution in [0.2, 0.25) is 5.02 Å². The van der Waals surface area contributed by atoms with Crippen molar-refractivity contribution >= 4 is 34.4 Å². The number of carbonyl (C=O) groups excluding carboxylic acids is 2. The molecule has 0 unspecified atom stereocenters. The van der Waals surface area contributed by atoms with E-state index < -0.39 is 0 Å². The van der Waals surface area contributed by atoms with Gasteiger partial charge in [0.05, 0.1) is 24.0 Å². The van der Waals surface area contributed by atoms with E-state index in [4.69, 9.17) is 25.5 Å². The molecule has 1 aliphatic rings. The molecule has 2 heterocycles. The largest absolute Gasteiger partial charge is 0.484 e. The second-order valence-electron chi connectivity index (χ2n) is 7.99. The molecule has 2 aromatic carbocycles. The average molecular weight is 470 g/mol. The smallest absolute Gasteiger partial charge is 0.308 e. The fourth-order valence-corrected chi connectivity index (χ4v) is 4.22. The van der Waals surface area contributed by atoms with Gasteiger partial charge in [-0.2, -0.15) is 0 Å². The predicted octanol–water partition coefficient (Wildman–Crippen LogP) is 4.21. The van der Waals surface area contributed by atoms with Crippen LogP contribution in [0.25, 0.3) is 22.1 Å². The molecule has 7 nitrogen and oxygen atoms in total. The van der Waals surface area contributed by atoms with Crippen molar-refractivity contribution in [3.05, 3.63) is 63.5 Å². The highest BCUT2D eigenvalue weighted by Crippen LogP contribution is 2.27. The van der Waals surface area contributed by atoms with Crippen LogP contribution in [0.4, 0.5) is 0 Å². The maximum Gasteiger partial charge on any atom is 0.308 e. The number of likely N-dealkylation sites (tertiary alicyclic amines) is 1. The van der Waals surface area contributed by atoms with Crippen LogP contribution in [-0.2, 0) is 14.3 Å². The summed E-state index contributed by atoms with van der Waals surface area (Å²) in [6.45, 7) is 2.57. The van der Waals surface area contributed by atoms with Crippen LogP contribution in [0.1, 0.15) is 18.6 Å². The van der Waals surface area contributed by atoms with Crippen molar-refractivity contribution in [1.82, 2.24) is 4.90 Å². The summed E-state index contributed by atoms with van der Waals surface area (Å²) in [6.07, 6.45) is 1.16. The Morgan fingerprint density at radius 2 is 1.82 bits per heavy atom. The number of halogens is 1. The number of benzene rings is 2. The standard InChI is InChI=1S/C25H24ClNO6/c1-15-23(16-3-5-18(26)6-4-16)24(29)20-8-7-19(13-21(20)33-15)32-14-22(28)27-11-9-17(10-12-27)25(30)31-2/h3-8,13,17H,9-12,14H2,1-2H3. The molecule has 3 aromatic rings. The minimum absolute atomic E-state index is 0.138. The van der Waals surface area contributed by atoms with Crippen molar-refractivity contribution in [1.29, 1.82) is 0 Å². The van der Waals surface area contributed by atoms with Crippen molar-refractivity contribution in [2.45, 2.75) is 19.8 Å². The second-order valence-corrected chi connectivity index (χ2v) is 8.43. The first kappa shape index (κ1) is 22.9. The lowest BCUT2D eigenvalue weighted by Gasteiger charge is -2.30. The molecule has 33 heavy (non-hydrogen) atoms. The zero-order valence-corrected chi connectivity index (χ0v) is 19.2. The highest BCUT2D eigenvalue weighted by Gasteiger charge is 2.28.